The molecule has 1 aromatic heterocycles. The van der Waals surface area contributed by atoms with Gasteiger partial charge in [-0.05, 0) is 56.9 Å². The van der Waals surface area contributed by atoms with Crippen molar-refractivity contribution >= 4 is 73.2 Å². The highest BCUT2D eigenvalue weighted by atomic mass is 35.5. The van der Waals surface area contributed by atoms with Crippen molar-refractivity contribution in [1.29, 1.82) is 5.26 Å². The standard InChI is InChI=1S/C28H17Cl2N3OS/c29-21-10-9-19(26(30)14-21)12-22-16-32-28(35-22)33-27(34)20(15-31)13-25-23-7-3-1-5-17(23)11-18-6-2-4-8-24(18)25/h1-11,13-14,16H,12H2,(H,32,33,34)/b20-13+. The Morgan fingerprint density at radius 2 is 1.69 bits per heavy atom. The SMILES string of the molecule is N#C/C(=C\c1c2ccccc2cc2ccccc12)C(=O)Nc1ncc(Cc2ccc(Cl)cc2Cl)s1. The monoisotopic (exact) mass is 513 g/mol. The summed E-state index contributed by atoms with van der Waals surface area (Å²) < 4.78 is 0. The van der Waals surface area contributed by atoms with E-state index in [0.717, 1.165) is 37.5 Å². The maximum Gasteiger partial charge on any atom is 0.268 e. The van der Waals surface area contributed by atoms with Crippen molar-refractivity contribution in [3.05, 3.63) is 111 Å². The summed E-state index contributed by atoms with van der Waals surface area (Å²) in [5, 5.41) is 18.2. The van der Waals surface area contributed by atoms with Gasteiger partial charge in [0.2, 0.25) is 0 Å². The van der Waals surface area contributed by atoms with Gasteiger partial charge in [0, 0.05) is 27.5 Å². The number of anilines is 1. The van der Waals surface area contributed by atoms with E-state index in [2.05, 4.69) is 22.4 Å². The average Bonchev–Trinajstić information content (AvgIpc) is 3.30. The summed E-state index contributed by atoms with van der Waals surface area (Å²) in [6, 6.07) is 25.4. The van der Waals surface area contributed by atoms with Crippen molar-refractivity contribution in [2.75, 3.05) is 5.32 Å². The molecule has 5 aromatic rings. The molecule has 7 heteroatoms. The minimum Gasteiger partial charge on any atom is -0.297 e. The van der Waals surface area contributed by atoms with Crippen LogP contribution in [0.1, 0.15) is 16.0 Å². The summed E-state index contributed by atoms with van der Waals surface area (Å²) in [4.78, 5) is 18.2. The van der Waals surface area contributed by atoms with Gasteiger partial charge in [0.1, 0.15) is 11.6 Å². The highest BCUT2D eigenvalue weighted by Crippen LogP contribution is 2.31. The third-order valence-electron chi connectivity index (χ3n) is 5.62. The van der Waals surface area contributed by atoms with Crippen LogP contribution in [0.4, 0.5) is 5.13 Å². The quantitative estimate of drug-likeness (QED) is 0.147. The molecule has 170 valence electrons. The summed E-state index contributed by atoms with van der Waals surface area (Å²) in [6.45, 7) is 0. The molecular formula is C28H17Cl2N3OS. The molecule has 0 aliphatic heterocycles. The van der Waals surface area contributed by atoms with Gasteiger partial charge in [0.15, 0.2) is 5.13 Å². The number of nitrogens with zero attached hydrogens (tertiary/aromatic N) is 2. The Morgan fingerprint density at radius 1 is 1.00 bits per heavy atom. The lowest BCUT2D eigenvalue weighted by Crippen LogP contribution is -2.13. The number of halogens is 2. The van der Waals surface area contributed by atoms with Crippen LogP contribution in [0.2, 0.25) is 10.0 Å². The summed E-state index contributed by atoms with van der Waals surface area (Å²) >= 11 is 13.6. The zero-order valence-corrected chi connectivity index (χ0v) is 20.6. The van der Waals surface area contributed by atoms with E-state index in [0.29, 0.717) is 21.6 Å². The average molecular weight is 514 g/mol. The number of amides is 1. The fourth-order valence-electron chi connectivity index (χ4n) is 3.96. The van der Waals surface area contributed by atoms with Gasteiger partial charge in [-0.3, -0.25) is 10.1 Å². The normalized spacial score (nSPS) is 11.5. The van der Waals surface area contributed by atoms with Crippen molar-refractivity contribution < 1.29 is 4.79 Å². The molecule has 0 unspecified atom stereocenters. The maximum absolute atomic E-state index is 13.0. The van der Waals surface area contributed by atoms with E-state index in [1.54, 1.807) is 24.4 Å². The molecule has 0 atom stereocenters. The summed E-state index contributed by atoms with van der Waals surface area (Å²) in [7, 11) is 0. The third kappa shape index (κ3) is 4.91. The fourth-order valence-corrected chi connectivity index (χ4v) is 5.27. The Morgan fingerprint density at radius 3 is 2.34 bits per heavy atom. The molecule has 5 rings (SSSR count). The fraction of sp³-hybridized carbons (Fsp3) is 0.0357. The smallest absolute Gasteiger partial charge is 0.268 e. The number of hydrogen-bond donors (Lipinski definition) is 1. The van der Waals surface area contributed by atoms with Gasteiger partial charge in [-0.2, -0.15) is 5.26 Å². The lowest BCUT2D eigenvalue weighted by molar-refractivity contribution is -0.112. The first-order chi connectivity index (χ1) is 17.0. The predicted octanol–water partition coefficient (Wildman–Crippen LogP) is 7.89. The number of benzene rings is 4. The van der Waals surface area contributed by atoms with Gasteiger partial charge in [0.25, 0.3) is 5.91 Å². The van der Waals surface area contributed by atoms with E-state index in [4.69, 9.17) is 23.2 Å². The number of aromatic nitrogens is 1. The van der Waals surface area contributed by atoms with Crippen LogP contribution in [0.5, 0.6) is 0 Å². The second kappa shape index (κ2) is 9.89. The first-order valence-electron chi connectivity index (χ1n) is 10.7. The Hall–Kier alpha value is -3.69. The number of thiazole rings is 1. The molecule has 1 N–H and O–H groups in total. The lowest BCUT2D eigenvalue weighted by atomic mass is 9.95. The third-order valence-corrected chi connectivity index (χ3v) is 7.12. The van der Waals surface area contributed by atoms with E-state index in [1.165, 1.54) is 11.3 Å². The van der Waals surface area contributed by atoms with Gasteiger partial charge < -0.3 is 0 Å². The molecule has 0 aliphatic carbocycles. The van der Waals surface area contributed by atoms with Gasteiger partial charge in [-0.1, -0.05) is 77.8 Å². The molecule has 4 aromatic carbocycles. The van der Waals surface area contributed by atoms with Crippen LogP contribution in [0, 0.1) is 11.3 Å². The van der Waals surface area contributed by atoms with E-state index in [-0.39, 0.29) is 5.57 Å². The van der Waals surface area contributed by atoms with Crippen LogP contribution < -0.4 is 5.32 Å². The number of carbonyl (C=O) groups excluding carboxylic acids is 1. The van der Waals surface area contributed by atoms with Gasteiger partial charge >= 0.3 is 0 Å². The molecule has 0 radical (unpaired) electrons. The molecule has 0 aliphatic rings. The minimum atomic E-state index is -0.505. The van der Waals surface area contributed by atoms with E-state index < -0.39 is 5.91 Å². The predicted molar refractivity (Wildman–Crippen MR) is 145 cm³/mol. The van der Waals surface area contributed by atoms with Crippen molar-refractivity contribution in [1.82, 2.24) is 4.98 Å². The molecule has 0 bridgehead atoms. The largest absolute Gasteiger partial charge is 0.297 e. The Bertz CT molecular complexity index is 1610. The summed E-state index contributed by atoms with van der Waals surface area (Å²) in [5.41, 5.74) is 1.75. The Balaban J connectivity index is 1.44. The highest BCUT2D eigenvalue weighted by molar-refractivity contribution is 7.15. The first-order valence-corrected chi connectivity index (χ1v) is 12.3. The van der Waals surface area contributed by atoms with Crippen LogP contribution in [0.15, 0.2) is 84.6 Å². The Labute approximate surface area is 216 Å². The molecule has 1 heterocycles. The van der Waals surface area contributed by atoms with Crippen molar-refractivity contribution in [3.63, 3.8) is 0 Å². The van der Waals surface area contributed by atoms with Gasteiger partial charge in [-0.15, -0.1) is 11.3 Å². The maximum atomic E-state index is 13.0. The number of rotatable bonds is 5. The highest BCUT2D eigenvalue weighted by Gasteiger charge is 2.15. The molecule has 0 fully saturated rings. The zero-order valence-electron chi connectivity index (χ0n) is 18.3. The van der Waals surface area contributed by atoms with E-state index >= 15 is 0 Å². The number of hydrogen-bond acceptors (Lipinski definition) is 4. The first kappa shape index (κ1) is 23.1. The lowest BCUT2D eigenvalue weighted by Gasteiger charge is -2.09. The number of fused-ring (bicyclic) bond motifs is 2. The number of nitrogens with one attached hydrogen (secondary N) is 1. The van der Waals surface area contributed by atoms with E-state index in [9.17, 15) is 10.1 Å². The van der Waals surface area contributed by atoms with Crippen LogP contribution in [-0.2, 0) is 11.2 Å². The molecule has 35 heavy (non-hydrogen) atoms. The zero-order chi connectivity index (χ0) is 24.4. The second-order valence-electron chi connectivity index (χ2n) is 7.90. The topological polar surface area (TPSA) is 65.8 Å². The molecule has 4 nitrogen and oxygen atoms in total. The molecule has 0 saturated carbocycles. The Kier molecular flexibility index (Phi) is 6.52. The number of carbonyl (C=O) groups is 1. The van der Waals surface area contributed by atoms with Crippen molar-refractivity contribution in [2.24, 2.45) is 0 Å². The van der Waals surface area contributed by atoms with Crippen molar-refractivity contribution in [2.45, 2.75) is 6.42 Å². The second-order valence-corrected chi connectivity index (χ2v) is 9.86. The van der Waals surface area contributed by atoms with Crippen molar-refractivity contribution in [3.8, 4) is 6.07 Å². The van der Waals surface area contributed by atoms with E-state index in [1.807, 2.05) is 54.6 Å². The van der Waals surface area contributed by atoms with Crippen LogP contribution in [0.25, 0.3) is 27.6 Å². The number of nitriles is 1. The summed E-state index contributed by atoms with van der Waals surface area (Å²) in [5.74, 6) is -0.505. The minimum absolute atomic E-state index is 0.00371. The van der Waals surface area contributed by atoms with Crippen LogP contribution in [-0.4, -0.2) is 10.9 Å². The molecule has 0 saturated heterocycles. The molecule has 0 spiro atoms. The van der Waals surface area contributed by atoms with Crippen LogP contribution >= 0.6 is 34.5 Å². The van der Waals surface area contributed by atoms with Gasteiger partial charge in [-0.25, -0.2) is 4.98 Å². The van der Waals surface area contributed by atoms with Crippen LogP contribution in [0.3, 0.4) is 0 Å². The summed E-state index contributed by atoms with van der Waals surface area (Å²) in [6.07, 6.45) is 3.91. The molecule has 1 amide bonds. The molecular weight excluding hydrogens is 497 g/mol. The van der Waals surface area contributed by atoms with Gasteiger partial charge in [0.05, 0.1) is 0 Å².